The number of imide groups is 1. The van der Waals surface area contributed by atoms with Gasteiger partial charge in [0.05, 0.1) is 5.57 Å². The highest BCUT2D eigenvalue weighted by atomic mass is 79.9. The average molecular weight is 419 g/mol. The molecule has 0 atom stereocenters. The van der Waals surface area contributed by atoms with Gasteiger partial charge in [0.15, 0.2) is 8.24 Å². The van der Waals surface area contributed by atoms with E-state index >= 15 is 0 Å². The first-order valence-corrected chi connectivity index (χ1v) is 12.0. The minimum atomic E-state index is -1.88. The lowest BCUT2D eigenvalue weighted by Crippen LogP contribution is -2.44. The first-order valence-electron chi connectivity index (χ1n) is 8.30. The first kappa shape index (κ1) is 18.1. The van der Waals surface area contributed by atoms with Gasteiger partial charge in [-0.05, 0) is 23.2 Å². The normalized spacial score (nSPS) is 16.1. The number of rotatable bonds is 2. The van der Waals surface area contributed by atoms with Crippen LogP contribution in [0.1, 0.15) is 26.3 Å². The number of amides is 2. The van der Waals surface area contributed by atoms with Gasteiger partial charge in [-0.3, -0.25) is 14.5 Å². The molecule has 0 bridgehead atoms. The van der Waals surface area contributed by atoms with Crippen molar-refractivity contribution in [1.29, 1.82) is 0 Å². The van der Waals surface area contributed by atoms with E-state index < -0.39 is 8.24 Å². The van der Waals surface area contributed by atoms with Gasteiger partial charge in [-0.15, -0.1) is 0 Å². The highest BCUT2D eigenvalue weighted by Gasteiger charge is 2.39. The molecule has 132 valence electrons. The van der Waals surface area contributed by atoms with Crippen LogP contribution in [0.2, 0.25) is 18.1 Å². The Hall–Kier alpha value is -1.66. The molecule has 0 saturated carbocycles. The van der Waals surface area contributed by atoms with Gasteiger partial charge in [0, 0.05) is 40.3 Å². The zero-order chi connectivity index (χ0) is 18.7. The summed E-state index contributed by atoms with van der Waals surface area (Å²) in [6, 6.07) is 6.15. The lowest BCUT2D eigenvalue weighted by molar-refractivity contribution is -0.134. The fraction of sp³-hybridized carbons (Fsp3) is 0.368. The molecule has 2 amide bonds. The summed E-state index contributed by atoms with van der Waals surface area (Å²) < 4.78 is 3.32. The topological polar surface area (TPSA) is 42.3 Å². The number of fused-ring (bicyclic) bond motifs is 1. The number of carbonyl (C=O) groups is 2. The van der Waals surface area contributed by atoms with Crippen LogP contribution in [0.15, 0.2) is 34.9 Å². The zero-order valence-corrected chi connectivity index (χ0v) is 18.1. The van der Waals surface area contributed by atoms with Crippen molar-refractivity contribution in [3.05, 3.63) is 40.5 Å². The number of hydrogen-bond donors (Lipinski definition) is 0. The van der Waals surface area contributed by atoms with Crippen LogP contribution in [0.5, 0.6) is 0 Å². The van der Waals surface area contributed by atoms with E-state index in [4.69, 9.17) is 0 Å². The molecule has 1 aliphatic rings. The molecule has 0 spiro atoms. The molecule has 4 nitrogen and oxygen atoms in total. The highest BCUT2D eigenvalue weighted by Crippen LogP contribution is 2.41. The number of nitrogens with zero attached hydrogens (tertiary/aromatic N) is 2. The van der Waals surface area contributed by atoms with Crippen molar-refractivity contribution in [2.45, 2.75) is 38.9 Å². The van der Waals surface area contributed by atoms with Crippen molar-refractivity contribution in [3.63, 3.8) is 0 Å². The Labute approximate surface area is 157 Å². The molecular formula is C19H23BrN2O2Si. The molecular weight excluding hydrogens is 396 g/mol. The number of halogens is 1. The summed E-state index contributed by atoms with van der Waals surface area (Å²) >= 11 is 3.53. The molecule has 0 N–H and O–H groups in total. The smallest absolute Gasteiger partial charge is 0.261 e. The molecule has 0 aliphatic carbocycles. The average Bonchev–Trinajstić information content (AvgIpc) is 2.99. The lowest BCUT2D eigenvalue weighted by Gasteiger charge is -2.38. The monoisotopic (exact) mass is 418 g/mol. The van der Waals surface area contributed by atoms with Crippen molar-refractivity contribution < 1.29 is 9.59 Å². The Balaban J connectivity index is 2.32. The maximum Gasteiger partial charge on any atom is 0.261 e. The maximum absolute atomic E-state index is 12.5. The Morgan fingerprint density at radius 1 is 1.12 bits per heavy atom. The summed E-state index contributed by atoms with van der Waals surface area (Å²) in [4.78, 5) is 25.7. The Bertz CT molecular complexity index is 935. The van der Waals surface area contributed by atoms with Gasteiger partial charge in [-0.25, -0.2) is 0 Å². The molecule has 2 heterocycles. The van der Waals surface area contributed by atoms with E-state index in [2.05, 4.69) is 66.3 Å². The van der Waals surface area contributed by atoms with Crippen LogP contribution < -0.4 is 0 Å². The number of benzene rings is 1. The van der Waals surface area contributed by atoms with E-state index in [9.17, 15) is 9.59 Å². The molecule has 1 aromatic carbocycles. The molecule has 1 aliphatic heterocycles. The van der Waals surface area contributed by atoms with Crippen molar-refractivity contribution in [2.75, 3.05) is 7.05 Å². The zero-order valence-electron chi connectivity index (χ0n) is 15.5. The molecule has 0 saturated heterocycles. The summed E-state index contributed by atoms with van der Waals surface area (Å²) in [6.07, 6.45) is 3.53. The second kappa shape index (κ2) is 5.67. The predicted octanol–water partition coefficient (Wildman–Crippen LogP) is 4.64. The summed E-state index contributed by atoms with van der Waals surface area (Å²) in [5.41, 5.74) is 2.43. The van der Waals surface area contributed by atoms with Crippen LogP contribution in [0.25, 0.3) is 16.5 Å². The summed E-state index contributed by atoms with van der Waals surface area (Å²) in [5, 5.41) is 1.14. The first-order chi connectivity index (χ1) is 11.4. The van der Waals surface area contributed by atoms with E-state index in [-0.39, 0.29) is 16.9 Å². The van der Waals surface area contributed by atoms with Gasteiger partial charge in [0.1, 0.15) is 0 Å². The van der Waals surface area contributed by atoms with Gasteiger partial charge in [-0.1, -0.05) is 49.8 Å². The van der Waals surface area contributed by atoms with E-state index in [0.29, 0.717) is 5.57 Å². The van der Waals surface area contributed by atoms with Gasteiger partial charge >= 0.3 is 0 Å². The number of aromatic nitrogens is 1. The van der Waals surface area contributed by atoms with Gasteiger partial charge in [0.25, 0.3) is 11.8 Å². The van der Waals surface area contributed by atoms with Gasteiger partial charge in [-0.2, -0.15) is 0 Å². The van der Waals surface area contributed by atoms with Crippen LogP contribution in [0.3, 0.4) is 0 Å². The Morgan fingerprint density at radius 2 is 1.76 bits per heavy atom. The summed E-state index contributed by atoms with van der Waals surface area (Å²) in [5.74, 6) is -0.498. The number of hydrogen-bond acceptors (Lipinski definition) is 2. The standard InChI is InChI=1S/C19H23BrN2O2Si/c1-19(2,3)25(5,6)22-11-15(13-9-12(20)7-8-16(13)22)14-10-17(23)21(4)18(14)24/h7-11H,1-6H3. The van der Waals surface area contributed by atoms with Crippen LogP contribution in [-0.4, -0.2) is 36.2 Å². The minimum absolute atomic E-state index is 0.143. The minimum Gasteiger partial charge on any atom is -0.373 e. The highest BCUT2D eigenvalue weighted by molar-refractivity contribution is 9.10. The molecule has 0 radical (unpaired) electrons. The molecule has 1 aromatic heterocycles. The molecule has 2 aromatic rings. The van der Waals surface area contributed by atoms with Crippen LogP contribution >= 0.6 is 15.9 Å². The van der Waals surface area contributed by atoms with Crippen molar-refractivity contribution in [1.82, 2.24) is 9.13 Å². The second-order valence-electron chi connectivity index (χ2n) is 8.14. The Kier molecular flexibility index (Phi) is 4.12. The molecule has 0 fully saturated rings. The van der Waals surface area contributed by atoms with Crippen LogP contribution in [-0.2, 0) is 9.59 Å². The van der Waals surface area contributed by atoms with Crippen LogP contribution in [0, 0.1) is 0 Å². The number of likely N-dealkylation sites (N-methyl/N-ethyl adjacent to an activating group) is 1. The van der Waals surface area contributed by atoms with Crippen molar-refractivity contribution >= 4 is 52.5 Å². The fourth-order valence-electron chi connectivity index (χ4n) is 3.00. The van der Waals surface area contributed by atoms with E-state index in [1.165, 1.54) is 18.0 Å². The molecule has 3 rings (SSSR count). The number of carbonyl (C=O) groups excluding carboxylic acids is 2. The predicted molar refractivity (Wildman–Crippen MR) is 108 cm³/mol. The second-order valence-corrected chi connectivity index (χ2v) is 14.2. The summed E-state index contributed by atoms with van der Waals surface area (Å²) in [6.45, 7) is 11.5. The summed E-state index contributed by atoms with van der Waals surface area (Å²) in [7, 11) is -0.360. The van der Waals surface area contributed by atoms with Gasteiger partial charge in [0.2, 0.25) is 0 Å². The third kappa shape index (κ3) is 2.71. The fourth-order valence-corrected chi connectivity index (χ4v) is 5.33. The van der Waals surface area contributed by atoms with Crippen molar-refractivity contribution in [2.24, 2.45) is 0 Å². The van der Waals surface area contributed by atoms with Gasteiger partial charge < -0.3 is 4.23 Å². The Morgan fingerprint density at radius 3 is 2.28 bits per heavy atom. The molecule has 6 heteroatoms. The lowest BCUT2D eigenvalue weighted by atomic mass is 10.1. The molecule has 0 unspecified atom stereocenters. The van der Waals surface area contributed by atoms with E-state index in [0.717, 1.165) is 20.9 Å². The van der Waals surface area contributed by atoms with Crippen molar-refractivity contribution in [3.8, 4) is 0 Å². The molecule has 25 heavy (non-hydrogen) atoms. The SMILES string of the molecule is CN1C(=O)C=C(c2cn([Si](C)(C)C(C)(C)C)c3ccc(Br)cc23)C1=O. The quantitative estimate of drug-likeness (QED) is 0.526. The van der Waals surface area contributed by atoms with E-state index in [1.54, 1.807) is 0 Å². The third-order valence-corrected chi connectivity index (χ3v) is 11.4. The van der Waals surface area contributed by atoms with E-state index in [1.807, 2.05) is 12.1 Å². The third-order valence-electron chi connectivity index (χ3n) is 5.63. The maximum atomic E-state index is 12.5. The van der Waals surface area contributed by atoms with Crippen LogP contribution in [0.4, 0.5) is 0 Å². The largest absolute Gasteiger partial charge is 0.373 e.